The number of anilines is 2. The number of rotatable bonds is 2. The molecular weight excluding hydrogens is 355 g/mol. The molecule has 1 aromatic carbocycles. The SMILES string of the molecule is C=O.Clc1nc(Cl)nc(Nc2ccccc2Cl)n1.NC(N)=O. The van der Waals surface area contributed by atoms with E-state index in [0.717, 1.165) is 0 Å². The van der Waals surface area contributed by atoms with Gasteiger partial charge in [0.25, 0.3) is 0 Å². The summed E-state index contributed by atoms with van der Waals surface area (Å²) < 4.78 is 0. The molecule has 0 radical (unpaired) electrons. The lowest BCUT2D eigenvalue weighted by molar-refractivity contribution is -0.0979. The molecule has 0 fully saturated rings. The molecular formula is C11H11Cl3N6O2. The molecule has 22 heavy (non-hydrogen) atoms. The lowest BCUT2D eigenvalue weighted by Gasteiger charge is -2.06. The number of para-hydroxylation sites is 1. The van der Waals surface area contributed by atoms with E-state index in [1.807, 2.05) is 18.9 Å². The van der Waals surface area contributed by atoms with Crippen molar-refractivity contribution in [3.63, 3.8) is 0 Å². The molecule has 118 valence electrons. The molecule has 0 aliphatic rings. The zero-order valence-electron chi connectivity index (χ0n) is 11.0. The third-order valence-corrected chi connectivity index (χ3v) is 2.37. The summed E-state index contributed by atoms with van der Waals surface area (Å²) in [5, 5.41) is 3.49. The summed E-state index contributed by atoms with van der Waals surface area (Å²) in [6, 6.07) is 6.35. The Hall–Kier alpha value is -2.16. The predicted molar refractivity (Wildman–Crippen MR) is 85.5 cm³/mol. The molecule has 0 atom stereocenters. The van der Waals surface area contributed by atoms with E-state index >= 15 is 0 Å². The number of hydrogen-bond acceptors (Lipinski definition) is 6. The zero-order chi connectivity index (χ0) is 17.1. The number of nitrogens with zero attached hydrogens (tertiary/aromatic N) is 3. The van der Waals surface area contributed by atoms with E-state index in [-0.39, 0.29) is 16.5 Å². The molecule has 0 saturated heterocycles. The minimum Gasteiger partial charge on any atom is -0.352 e. The van der Waals surface area contributed by atoms with Crippen molar-refractivity contribution in [2.45, 2.75) is 0 Å². The highest BCUT2D eigenvalue weighted by Gasteiger charge is 2.05. The van der Waals surface area contributed by atoms with Crippen LogP contribution in [0.3, 0.4) is 0 Å². The Bertz CT molecular complexity index is 604. The molecule has 2 aromatic rings. The van der Waals surface area contributed by atoms with Gasteiger partial charge in [-0.3, -0.25) is 0 Å². The number of halogens is 3. The van der Waals surface area contributed by atoms with Crippen molar-refractivity contribution in [1.29, 1.82) is 0 Å². The van der Waals surface area contributed by atoms with E-state index in [1.54, 1.807) is 12.1 Å². The molecule has 1 heterocycles. The molecule has 11 heteroatoms. The summed E-state index contributed by atoms with van der Waals surface area (Å²) >= 11 is 17.2. The first-order chi connectivity index (χ1) is 10.4. The van der Waals surface area contributed by atoms with Crippen molar-refractivity contribution >= 4 is 59.3 Å². The normalized spacial score (nSPS) is 8.68. The molecule has 8 nitrogen and oxygen atoms in total. The van der Waals surface area contributed by atoms with Gasteiger partial charge >= 0.3 is 6.03 Å². The Balaban J connectivity index is 0.000000640. The van der Waals surface area contributed by atoms with E-state index in [1.165, 1.54) is 0 Å². The van der Waals surface area contributed by atoms with Gasteiger partial charge in [0.15, 0.2) is 0 Å². The minimum absolute atomic E-state index is 0.0227. The molecule has 2 amide bonds. The van der Waals surface area contributed by atoms with Gasteiger partial charge in [-0.15, -0.1) is 0 Å². The molecule has 2 rings (SSSR count). The van der Waals surface area contributed by atoms with Gasteiger partial charge in [0.1, 0.15) is 6.79 Å². The Kier molecular flexibility index (Phi) is 9.51. The largest absolute Gasteiger partial charge is 0.352 e. The monoisotopic (exact) mass is 364 g/mol. The van der Waals surface area contributed by atoms with E-state index in [4.69, 9.17) is 44.4 Å². The first-order valence-electron chi connectivity index (χ1n) is 5.31. The minimum atomic E-state index is -0.833. The lowest BCUT2D eigenvalue weighted by Crippen LogP contribution is -2.18. The van der Waals surface area contributed by atoms with Gasteiger partial charge in [-0.1, -0.05) is 23.7 Å². The van der Waals surface area contributed by atoms with Crippen molar-refractivity contribution < 1.29 is 9.59 Å². The Labute approximate surface area is 140 Å². The Morgan fingerprint density at radius 2 is 1.45 bits per heavy atom. The molecule has 0 saturated carbocycles. The summed E-state index contributed by atoms with van der Waals surface area (Å²) in [6.07, 6.45) is 0. The first-order valence-corrected chi connectivity index (χ1v) is 6.44. The molecule has 5 N–H and O–H groups in total. The number of urea groups is 1. The second-order valence-corrected chi connectivity index (χ2v) is 4.29. The lowest BCUT2D eigenvalue weighted by atomic mass is 10.3. The van der Waals surface area contributed by atoms with Gasteiger partial charge in [0, 0.05) is 0 Å². The quantitative estimate of drug-likeness (QED) is 0.747. The third-order valence-electron chi connectivity index (χ3n) is 1.70. The zero-order valence-corrected chi connectivity index (χ0v) is 13.2. The van der Waals surface area contributed by atoms with Gasteiger partial charge < -0.3 is 21.6 Å². The van der Waals surface area contributed by atoms with Crippen LogP contribution in [0.1, 0.15) is 0 Å². The number of carbonyl (C=O) groups is 2. The number of hydrogen-bond donors (Lipinski definition) is 3. The van der Waals surface area contributed by atoms with Gasteiger partial charge in [0.05, 0.1) is 10.7 Å². The van der Waals surface area contributed by atoms with Crippen LogP contribution in [-0.2, 0) is 4.79 Å². The topological polar surface area (TPSA) is 137 Å². The number of amides is 2. The van der Waals surface area contributed by atoms with Crippen molar-refractivity contribution in [2.75, 3.05) is 5.32 Å². The third kappa shape index (κ3) is 8.20. The maximum absolute atomic E-state index is 9.00. The van der Waals surface area contributed by atoms with E-state index in [0.29, 0.717) is 10.7 Å². The van der Waals surface area contributed by atoms with Gasteiger partial charge in [-0.2, -0.15) is 15.0 Å². The number of carbonyl (C=O) groups excluding carboxylic acids is 2. The molecule has 0 aliphatic heterocycles. The summed E-state index contributed by atoms with van der Waals surface area (Å²) in [5.74, 6) is 0.248. The first kappa shape index (κ1) is 19.8. The van der Waals surface area contributed by atoms with Crippen molar-refractivity contribution in [3.8, 4) is 0 Å². The summed E-state index contributed by atoms with van der Waals surface area (Å²) in [7, 11) is 0. The molecule has 0 bridgehead atoms. The molecule has 0 spiro atoms. The van der Waals surface area contributed by atoms with Crippen LogP contribution < -0.4 is 16.8 Å². The Morgan fingerprint density at radius 1 is 1.00 bits per heavy atom. The van der Waals surface area contributed by atoms with E-state index in [9.17, 15) is 0 Å². The maximum atomic E-state index is 9.00. The van der Waals surface area contributed by atoms with Crippen molar-refractivity contribution in [2.24, 2.45) is 11.5 Å². The predicted octanol–water partition coefficient (Wildman–Crippen LogP) is 2.41. The van der Waals surface area contributed by atoms with Crippen LogP contribution in [0, 0.1) is 0 Å². The van der Waals surface area contributed by atoms with Gasteiger partial charge in [-0.05, 0) is 35.3 Å². The fourth-order valence-corrected chi connectivity index (χ4v) is 1.61. The Morgan fingerprint density at radius 3 is 1.91 bits per heavy atom. The van der Waals surface area contributed by atoms with Crippen LogP contribution in [0.5, 0.6) is 0 Å². The second-order valence-electron chi connectivity index (χ2n) is 3.20. The van der Waals surface area contributed by atoms with Crippen LogP contribution in [0.25, 0.3) is 0 Å². The average molecular weight is 366 g/mol. The summed E-state index contributed by atoms with van der Waals surface area (Å²) in [4.78, 5) is 28.4. The van der Waals surface area contributed by atoms with Gasteiger partial charge in [0.2, 0.25) is 16.5 Å². The number of primary amides is 2. The van der Waals surface area contributed by atoms with Gasteiger partial charge in [-0.25, -0.2) is 4.79 Å². The maximum Gasteiger partial charge on any atom is 0.309 e. The number of nitrogens with two attached hydrogens (primary N) is 2. The number of benzene rings is 1. The average Bonchev–Trinajstić information content (AvgIpc) is 2.42. The van der Waals surface area contributed by atoms with E-state index in [2.05, 4.69) is 31.7 Å². The van der Waals surface area contributed by atoms with Crippen LogP contribution in [-0.4, -0.2) is 27.8 Å². The van der Waals surface area contributed by atoms with Crippen LogP contribution in [0.4, 0.5) is 16.4 Å². The molecule has 0 unspecified atom stereocenters. The van der Waals surface area contributed by atoms with Crippen molar-refractivity contribution in [3.05, 3.63) is 39.9 Å². The summed E-state index contributed by atoms with van der Waals surface area (Å²) in [6.45, 7) is 2.00. The van der Waals surface area contributed by atoms with Crippen LogP contribution in [0.2, 0.25) is 15.6 Å². The van der Waals surface area contributed by atoms with Crippen LogP contribution >= 0.6 is 34.8 Å². The van der Waals surface area contributed by atoms with Crippen molar-refractivity contribution in [1.82, 2.24) is 15.0 Å². The standard InChI is InChI=1S/C9H5Cl3N4.CH4N2O.CH2O/c10-5-3-1-2-4-6(5)13-9-15-7(11)14-8(12)16-9;2-1(3)4;1-2/h1-4H,(H,13,14,15,16);(H4,2,3,4);1H2. The number of aromatic nitrogens is 3. The fourth-order valence-electron chi connectivity index (χ4n) is 1.06. The molecule has 1 aromatic heterocycles. The smallest absolute Gasteiger partial charge is 0.309 e. The second kappa shape index (κ2) is 10.6. The van der Waals surface area contributed by atoms with E-state index < -0.39 is 6.03 Å². The highest BCUT2D eigenvalue weighted by molar-refractivity contribution is 6.33. The highest BCUT2D eigenvalue weighted by atomic mass is 35.5. The number of nitrogens with one attached hydrogen (secondary N) is 1. The highest BCUT2D eigenvalue weighted by Crippen LogP contribution is 2.23. The van der Waals surface area contributed by atoms with Crippen LogP contribution in [0.15, 0.2) is 24.3 Å². The fraction of sp³-hybridized carbons (Fsp3) is 0. The molecule has 0 aliphatic carbocycles. The summed E-state index contributed by atoms with van der Waals surface area (Å²) in [5.41, 5.74) is 9.17.